The molecule has 0 amide bonds. The average molecular weight is 213 g/mol. The first kappa shape index (κ1) is 10.6. The lowest BCUT2D eigenvalue weighted by Gasteiger charge is -2.08. The van der Waals surface area contributed by atoms with Crippen molar-refractivity contribution in [2.45, 2.75) is 0 Å². The van der Waals surface area contributed by atoms with Crippen LogP contribution in [0.4, 0.5) is 15.3 Å². The summed E-state index contributed by atoms with van der Waals surface area (Å²) in [7, 11) is 0. The minimum atomic E-state index is -1.61. The number of carbonyl (C=O) groups is 2. The van der Waals surface area contributed by atoms with Gasteiger partial charge in [-0.3, -0.25) is 0 Å². The SMILES string of the molecule is Nc1cccc(OC(=O)O)c1OC(=O)O. The number of nitrogen functional groups attached to an aromatic ring is 1. The highest BCUT2D eigenvalue weighted by Gasteiger charge is 2.15. The lowest BCUT2D eigenvalue weighted by atomic mass is 10.3. The molecule has 0 bridgehead atoms. The summed E-state index contributed by atoms with van der Waals surface area (Å²) in [6.07, 6.45) is -3.20. The molecule has 0 aliphatic heterocycles. The maximum atomic E-state index is 10.3. The molecule has 0 aromatic heterocycles. The third-order valence-corrected chi connectivity index (χ3v) is 1.40. The number of benzene rings is 1. The van der Waals surface area contributed by atoms with Crippen LogP contribution >= 0.6 is 0 Å². The highest BCUT2D eigenvalue weighted by molar-refractivity contribution is 5.72. The Kier molecular flexibility index (Phi) is 2.97. The minimum Gasteiger partial charge on any atom is -0.449 e. The second-order valence-corrected chi connectivity index (χ2v) is 2.41. The molecule has 0 saturated carbocycles. The van der Waals surface area contributed by atoms with Gasteiger partial charge in [-0.25, -0.2) is 9.59 Å². The fourth-order valence-corrected chi connectivity index (χ4v) is 0.904. The molecule has 0 heterocycles. The van der Waals surface area contributed by atoms with Crippen LogP contribution in [0.25, 0.3) is 0 Å². The lowest BCUT2D eigenvalue weighted by Crippen LogP contribution is -2.09. The number of rotatable bonds is 2. The quantitative estimate of drug-likeness (QED) is 0.385. The van der Waals surface area contributed by atoms with E-state index in [0.29, 0.717) is 0 Å². The van der Waals surface area contributed by atoms with Crippen LogP contribution in [0.5, 0.6) is 11.5 Å². The van der Waals surface area contributed by atoms with E-state index in [2.05, 4.69) is 9.47 Å². The number of para-hydroxylation sites is 1. The smallest absolute Gasteiger partial charge is 0.449 e. The van der Waals surface area contributed by atoms with Crippen molar-refractivity contribution in [3.05, 3.63) is 18.2 Å². The summed E-state index contributed by atoms with van der Waals surface area (Å²) < 4.78 is 8.56. The van der Waals surface area contributed by atoms with E-state index in [-0.39, 0.29) is 17.2 Å². The van der Waals surface area contributed by atoms with E-state index < -0.39 is 12.3 Å². The predicted octanol–water partition coefficient (Wildman–Crippen LogP) is 1.38. The maximum Gasteiger partial charge on any atom is 0.511 e. The van der Waals surface area contributed by atoms with Crippen molar-refractivity contribution in [1.29, 1.82) is 0 Å². The van der Waals surface area contributed by atoms with E-state index in [1.54, 1.807) is 0 Å². The zero-order valence-corrected chi connectivity index (χ0v) is 7.34. The molecule has 1 rings (SSSR count). The summed E-state index contributed by atoms with van der Waals surface area (Å²) in [5, 5.41) is 16.7. The normalized spacial score (nSPS) is 9.33. The van der Waals surface area contributed by atoms with Gasteiger partial charge in [-0.15, -0.1) is 0 Å². The lowest BCUT2D eigenvalue weighted by molar-refractivity contribution is 0.133. The fourth-order valence-electron chi connectivity index (χ4n) is 0.904. The van der Waals surface area contributed by atoms with Gasteiger partial charge in [-0.05, 0) is 12.1 Å². The van der Waals surface area contributed by atoms with Crippen molar-refractivity contribution in [2.75, 3.05) is 5.73 Å². The van der Waals surface area contributed by atoms with Crippen LogP contribution in [0.2, 0.25) is 0 Å². The van der Waals surface area contributed by atoms with Crippen molar-refractivity contribution >= 4 is 18.0 Å². The Hall–Kier alpha value is -2.44. The Morgan fingerprint density at radius 2 is 1.73 bits per heavy atom. The van der Waals surface area contributed by atoms with Crippen LogP contribution in [0.3, 0.4) is 0 Å². The molecule has 0 fully saturated rings. The van der Waals surface area contributed by atoms with Gasteiger partial charge in [0.25, 0.3) is 0 Å². The molecule has 15 heavy (non-hydrogen) atoms. The molecule has 0 radical (unpaired) electrons. The molecule has 0 aliphatic carbocycles. The molecule has 80 valence electrons. The Morgan fingerprint density at radius 1 is 1.13 bits per heavy atom. The van der Waals surface area contributed by atoms with Gasteiger partial charge < -0.3 is 25.4 Å². The second kappa shape index (κ2) is 4.18. The number of ether oxygens (including phenoxy) is 2. The zero-order chi connectivity index (χ0) is 11.4. The van der Waals surface area contributed by atoms with Gasteiger partial charge in [0, 0.05) is 0 Å². The molecule has 7 nitrogen and oxygen atoms in total. The largest absolute Gasteiger partial charge is 0.511 e. The molecule has 4 N–H and O–H groups in total. The third kappa shape index (κ3) is 2.76. The molecular weight excluding hydrogens is 206 g/mol. The maximum absolute atomic E-state index is 10.3. The number of carboxylic acid groups (broad SMARTS) is 2. The van der Waals surface area contributed by atoms with E-state index in [1.807, 2.05) is 0 Å². The van der Waals surface area contributed by atoms with Crippen LogP contribution in [-0.2, 0) is 0 Å². The van der Waals surface area contributed by atoms with Crippen LogP contribution in [-0.4, -0.2) is 22.5 Å². The van der Waals surface area contributed by atoms with Crippen molar-refractivity contribution in [2.24, 2.45) is 0 Å². The van der Waals surface area contributed by atoms with Gasteiger partial charge in [0.2, 0.25) is 0 Å². The van der Waals surface area contributed by atoms with Crippen molar-refractivity contribution in [3.63, 3.8) is 0 Å². The molecular formula is C8H7NO6. The van der Waals surface area contributed by atoms with E-state index >= 15 is 0 Å². The summed E-state index contributed by atoms with van der Waals surface area (Å²) in [4.78, 5) is 20.5. The topological polar surface area (TPSA) is 119 Å². The van der Waals surface area contributed by atoms with Gasteiger partial charge in [-0.2, -0.15) is 0 Å². The first-order valence-electron chi connectivity index (χ1n) is 3.70. The van der Waals surface area contributed by atoms with Crippen molar-refractivity contribution in [3.8, 4) is 11.5 Å². The van der Waals surface area contributed by atoms with Gasteiger partial charge in [0.15, 0.2) is 11.5 Å². The number of hydrogen-bond donors (Lipinski definition) is 3. The number of hydrogen-bond acceptors (Lipinski definition) is 5. The van der Waals surface area contributed by atoms with Crippen molar-refractivity contribution in [1.82, 2.24) is 0 Å². The van der Waals surface area contributed by atoms with E-state index in [4.69, 9.17) is 15.9 Å². The molecule has 1 aromatic rings. The Labute approximate surface area is 83.6 Å². The van der Waals surface area contributed by atoms with Crippen LogP contribution in [0, 0.1) is 0 Å². The summed E-state index contributed by atoms with van der Waals surface area (Å²) in [6.45, 7) is 0. The first-order chi connectivity index (χ1) is 7.00. The minimum absolute atomic E-state index is 0.0313. The molecule has 7 heteroatoms. The van der Waals surface area contributed by atoms with E-state index in [1.165, 1.54) is 18.2 Å². The fraction of sp³-hybridized carbons (Fsp3) is 0. The van der Waals surface area contributed by atoms with Crippen molar-refractivity contribution < 1.29 is 29.3 Å². The molecule has 0 saturated heterocycles. The highest BCUT2D eigenvalue weighted by atomic mass is 16.7. The summed E-state index contributed by atoms with van der Waals surface area (Å²) in [5.74, 6) is -0.614. The molecule has 1 aromatic carbocycles. The third-order valence-electron chi connectivity index (χ3n) is 1.40. The Balaban J connectivity index is 3.08. The summed E-state index contributed by atoms with van der Waals surface area (Å²) in [6, 6.07) is 3.98. The molecule has 0 atom stereocenters. The Bertz CT molecular complexity index is 402. The Morgan fingerprint density at radius 3 is 2.27 bits per heavy atom. The predicted molar refractivity (Wildman–Crippen MR) is 48.2 cm³/mol. The standard InChI is InChI=1S/C8H7NO6/c9-4-2-1-3-5(14-7(10)11)6(4)15-8(12)13/h1-3H,9H2,(H,10,11)(H,12,13). The van der Waals surface area contributed by atoms with Crippen LogP contribution < -0.4 is 15.2 Å². The second-order valence-electron chi connectivity index (χ2n) is 2.41. The van der Waals surface area contributed by atoms with Crippen LogP contribution in [0.15, 0.2) is 18.2 Å². The zero-order valence-electron chi connectivity index (χ0n) is 7.34. The molecule has 0 spiro atoms. The highest BCUT2D eigenvalue weighted by Crippen LogP contribution is 2.33. The van der Waals surface area contributed by atoms with E-state index in [0.717, 1.165) is 0 Å². The molecule has 0 unspecified atom stereocenters. The molecule has 0 aliphatic rings. The van der Waals surface area contributed by atoms with Gasteiger partial charge in [0.1, 0.15) is 0 Å². The monoisotopic (exact) mass is 213 g/mol. The van der Waals surface area contributed by atoms with E-state index in [9.17, 15) is 9.59 Å². The van der Waals surface area contributed by atoms with Gasteiger partial charge >= 0.3 is 12.3 Å². The number of anilines is 1. The van der Waals surface area contributed by atoms with Gasteiger partial charge in [-0.1, -0.05) is 6.07 Å². The summed E-state index contributed by atoms with van der Waals surface area (Å²) >= 11 is 0. The number of nitrogens with two attached hydrogens (primary N) is 1. The van der Waals surface area contributed by atoms with Gasteiger partial charge in [0.05, 0.1) is 5.69 Å². The summed E-state index contributed by atoms with van der Waals surface area (Å²) in [5.41, 5.74) is 5.35. The average Bonchev–Trinajstić information content (AvgIpc) is 2.09. The first-order valence-corrected chi connectivity index (χ1v) is 3.70. The van der Waals surface area contributed by atoms with Crippen LogP contribution in [0.1, 0.15) is 0 Å².